The van der Waals surface area contributed by atoms with Gasteiger partial charge in [-0.2, -0.15) is 13.2 Å². The topological polar surface area (TPSA) is 72.6 Å². The van der Waals surface area contributed by atoms with Gasteiger partial charge in [0, 0.05) is 13.1 Å². The van der Waals surface area contributed by atoms with Crippen molar-refractivity contribution in [3.05, 3.63) is 70.8 Å². The number of nitrogens with zero attached hydrogens (tertiary/aromatic N) is 1. The van der Waals surface area contributed by atoms with Crippen molar-refractivity contribution in [1.82, 2.24) is 4.90 Å². The maximum atomic E-state index is 13.6. The van der Waals surface area contributed by atoms with Gasteiger partial charge in [0.25, 0.3) is 0 Å². The minimum absolute atomic E-state index is 0.0473. The molecular formula is C21H21F3N2O3. The first-order valence-corrected chi connectivity index (χ1v) is 9.23. The summed E-state index contributed by atoms with van der Waals surface area (Å²) < 4.78 is 46.1. The number of alkyl halides is 3. The SMILES string of the molecule is NC(=O)c1cccc(C2CCN(C(=O)OCc3ccccc3)CC2)c1C(F)(F)F. The van der Waals surface area contributed by atoms with E-state index >= 15 is 0 Å². The van der Waals surface area contributed by atoms with Gasteiger partial charge in [-0.25, -0.2) is 4.79 Å². The molecule has 8 heteroatoms. The highest BCUT2D eigenvalue weighted by atomic mass is 19.4. The number of nitrogens with two attached hydrogens (primary N) is 1. The number of hydrogen-bond acceptors (Lipinski definition) is 3. The van der Waals surface area contributed by atoms with Crippen LogP contribution >= 0.6 is 0 Å². The van der Waals surface area contributed by atoms with Gasteiger partial charge in [0.2, 0.25) is 5.91 Å². The molecule has 0 saturated carbocycles. The second-order valence-corrected chi connectivity index (χ2v) is 6.93. The summed E-state index contributed by atoms with van der Waals surface area (Å²) in [5, 5.41) is 0. The third kappa shape index (κ3) is 4.88. The zero-order valence-electron chi connectivity index (χ0n) is 15.6. The Morgan fingerprint density at radius 1 is 1.03 bits per heavy atom. The first-order chi connectivity index (χ1) is 13.8. The van der Waals surface area contributed by atoms with E-state index in [9.17, 15) is 22.8 Å². The first kappa shape index (κ1) is 20.7. The second kappa shape index (κ2) is 8.55. The summed E-state index contributed by atoms with van der Waals surface area (Å²) in [6.07, 6.45) is -4.50. The van der Waals surface area contributed by atoms with Gasteiger partial charge < -0.3 is 15.4 Å². The van der Waals surface area contributed by atoms with Gasteiger partial charge in [-0.15, -0.1) is 0 Å². The molecule has 2 aromatic rings. The van der Waals surface area contributed by atoms with Crippen LogP contribution in [0.1, 0.15) is 45.8 Å². The van der Waals surface area contributed by atoms with E-state index in [4.69, 9.17) is 10.5 Å². The van der Waals surface area contributed by atoms with Gasteiger partial charge >= 0.3 is 12.3 Å². The molecule has 0 unspecified atom stereocenters. The van der Waals surface area contributed by atoms with Crippen LogP contribution < -0.4 is 5.73 Å². The number of ether oxygens (including phenoxy) is 1. The van der Waals surface area contributed by atoms with Crippen LogP contribution in [0, 0.1) is 0 Å². The second-order valence-electron chi connectivity index (χ2n) is 6.93. The van der Waals surface area contributed by atoms with E-state index < -0.39 is 35.2 Å². The Morgan fingerprint density at radius 2 is 1.69 bits per heavy atom. The van der Waals surface area contributed by atoms with Crippen LogP contribution in [0.5, 0.6) is 0 Å². The van der Waals surface area contributed by atoms with Gasteiger partial charge in [0.05, 0.1) is 11.1 Å². The molecular weight excluding hydrogens is 385 g/mol. The van der Waals surface area contributed by atoms with E-state index in [0.29, 0.717) is 12.8 Å². The predicted octanol–water partition coefficient (Wildman–Crippen LogP) is 4.32. The lowest BCUT2D eigenvalue weighted by molar-refractivity contribution is -0.138. The molecule has 0 atom stereocenters. The van der Waals surface area contributed by atoms with E-state index in [1.165, 1.54) is 17.0 Å². The number of likely N-dealkylation sites (tertiary alicyclic amines) is 1. The fourth-order valence-electron chi connectivity index (χ4n) is 3.62. The van der Waals surface area contributed by atoms with Gasteiger partial charge in [-0.1, -0.05) is 42.5 Å². The van der Waals surface area contributed by atoms with E-state index in [1.807, 2.05) is 30.3 Å². The molecule has 2 N–H and O–H groups in total. The maximum absolute atomic E-state index is 13.6. The Labute approximate surface area is 166 Å². The number of rotatable bonds is 4. The van der Waals surface area contributed by atoms with Crippen LogP contribution in [0.15, 0.2) is 48.5 Å². The Kier molecular flexibility index (Phi) is 6.10. The number of amides is 2. The van der Waals surface area contributed by atoms with Crippen LogP contribution in [-0.2, 0) is 17.5 Å². The first-order valence-electron chi connectivity index (χ1n) is 9.23. The molecule has 0 aliphatic carbocycles. The molecule has 1 saturated heterocycles. The van der Waals surface area contributed by atoms with Crippen LogP contribution in [0.3, 0.4) is 0 Å². The summed E-state index contributed by atoms with van der Waals surface area (Å²) in [6.45, 7) is 0.686. The number of carbonyl (C=O) groups excluding carboxylic acids is 2. The number of primary amides is 1. The van der Waals surface area contributed by atoms with Crippen molar-refractivity contribution in [2.75, 3.05) is 13.1 Å². The smallest absolute Gasteiger partial charge is 0.417 e. The maximum Gasteiger partial charge on any atom is 0.417 e. The molecule has 0 radical (unpaired) electrons. The summed E-state index contributed by atoms with van der Waals surface area (Å²) >= 11 is 0. The molecule has 2 aromatic carbocycles. The molecule has 1 heterocycles. The number of benzene rings is 2. The zero-order valence-corrected chi connectivity index (χ0v) is 15.6. The predicted molar refractivity (Wildman–Crippen MR) is 100 cm³/mol. The fourth-order valence-corrected chi connectivity index (χ4v) is 3.62. The quantitative estimate of drug-likeness (QED) is 0.822. The van der Waals surface area contributed by atoms with Crippen LogP contribution in [-0.4, -0.2) is 30.0 Å². The van der Waals surface area contributed by atoms with E-state index in [2.05, 4.69) is 0 Å². The van der Waals surface area contributed by atoms with Crippen molar-refractivity contribution < 1.29 is 27.5 Å². The zero-order chi connectivity index (χ0) is 21.0. The molecule has 0 aromatic heterocycles. The highest BCUT2D eigenvalue weighted by Crippen LogP contribution is 2.40. The van der Waals surface area contributed by atoms with Gasteiger partial charge in [0.15, 0.2) is 0 Å². The standard InChI is InChI=1S/C21H21F3N2O3/c22-21(23,24)18-16(7-4-8-17(18)19(25)27)15-9-11-26(12-10-15)20(28)29-13-14-5-2-1-3-6-14/h1-8,15H,9-13H2,(H2,25,27). The third-order valence-electron chi connectivity index (χ3n) is 5.04. The molecule has 3 rings (SSSR count). The van der Waals surface area contributed by atoms with Gasteiger partial charge in [-0.05, 0) is 36.0 Å². The normalized spacial score (nSPS) is 15.2. The highest BCUT2D eigenvalue weighted by Gasteiger charge is 2.39. The summed E-state index contributed by atoms with van der Waals surface area (Å²) in [7, 11) is 0. The van der Waals surface area contributed by atoms with Gasteiger partial charge in [0.1, 0.15) is 6.61 Å². The molecule has 0 bridgehead atoms. The van der Waals surface area contributed by atoms with Crippen molar-refractivity contribution >= 4 is 12.0 Å². The average molecular weight is 406 g/mol. The Hall–Kier alpha value is -3.03. The summed E-state index contributed by atoms with van der Waals surface area (Å²) in [6, 6.07) is 13.1. The Bertz CT molecular complexity index is 876. The largest absolute Gasteiger partial charge is 0.445 e. The summed E-state index contributed by atoms with van der Waals surface area (Å²) in [4.78, 5) is 25.2. The highest BCUT2D eigenvalue weighted by molar-refractivity contribution is 5.95. The van der Waals surface area contributed by atoms with Crippen LogP contribution in [0.4, 0.5) is 18.0 Å². The van der Waals surface area contributed by atoms with Crippen molar-refractivity contribution in [2.45, 2.75) is 31.5 Å². The summed E-state index contributed by atoms with van der Waals surface area (Å²) in [5.41, 5.74) is 4.54. The number of piperidine rings is 1. The van der Waals surface area contributed by atoms with Crippen molar-refractivity contribution in [3.63, 3.8) is 0 Å². The van der Waals surface area contributed by atoms with Crippen LogP contribution in [0.25, 0.3) is 0 Å². The lowest BCUT2D eigenvalue weighted by atomic mass is 9.84. The fraction of sp³-hybridized carbons (Fsp3) is 0.333. The molecule has 154 valence electrons. The minimum Gasteiger partial charge on any atom is -0.445 e. The van der Waals surface area contributed by atoms with Crippen molar-refractivity contribution in [1.29, 1.82) is 0 Å². The molecule has 1 aliphatic rings. The van der Waals surface area contributed by atoms with E-state index in [0.717, 1.165) is 11.6 Å². The molecule has 29 heavy (non-hydrogen) atoms. The Balaban J connectivity index is 1.67. The lowest BCUT2D eigenvalue weighted by Gasteiger charge is -2.33. The molecule has 0 spiro atoms. The lowest BCUT2D eigenvalue weighted by Crippen LogP contribution is -2.38. The van der Waals surface area contributed by atoms with Gasteiger partial charge in [-0.3, -0.25) is 4.79 Å². The monoisotopic (exact) mass is 406 g/mol. The number of hydrogen-bond donors (Lipinski definition) is 1. The van der Waals surface area contributed by atoms with Crippen molar-refractivity contribution in [3.8, 4) is 0 Å². The summed E-state index contributed by atoms with van der Waals surface area (Å²) in [5.74, 6) is -1.54. The molecule has 2 amide bonds. The van der Waals surface area contributed by atoms with Crippen molar-refractivity contribution in [2.24, 2.45) is 5.73 Å². The molecule has 1 fully saturated rings. The number of halogens is 3. The van der Waals surface area contributed by atoms with E-state index in [-0.39, 0.29) is 25.3 Å². The number of carbonyl (C=O) groups is 2. The van der Waals surface area contributed by atoms with E-state index in [1.54, 1.807) is 0 Å². The molecule has 5 nitrogen and oxygen atoms in total. The third-order valence-corrected chi connectivity index (χ3v) is 5.04. The average Bonchev–Trinajstić information content (AvgIpc) is 2.71. The minimum atomic E-state index is -4.69. The van der Waals surface area contributed by atoms with Crippen LogP contribution in [0.2, 0.25) is 0 Å². The molecule has 1 aliphatic heterocycles. The Morgan fingerprint density at radius 3 is 2.28 bits per heavy atom.